The fourth-order valence-corrected chi connectivity index (χ4v) is 4.72. The summed E-state index contributed by atoms with van der Waals surface area (Å²) in [6, 6.07) is 2.01. The maximum atomic E-state index is 12.5. The number of likely N-dealkylation sites (tertiary alicyclic amines) is 1. The number of piperidine rings is 2. The number of hydrogen-bond acceptors (Lipinski definition) is 8. The number of aliphatic carboxylic acids is 1. The first-order valence-corrected chi connectivity index (χ1v) is 11.2. The van der Waals surface area contributed by atoms with E-state index in [-0.39, 0.29) is 24.2 Å². The molecule has 3 N–H and O–H groups in total. The summed E-state index contributed by atoms with van der Waals surface area (Å²) >= 11 is 0. The number of nitrogens with two attached hydrogens (primary N) is 1. The molecule has 11 nitrogen and oxygen atoms in total. The van der Waals surface area contributed by atoms with E-state index in [0.717, 1.165) is 44.8 Å². The Hall–Kier alpha value is -2.95. The smallest absolute Gasteiger partial charge is 0.410 e. The van der Waals surface area contributed by atoms with Crippen molar-refractivity contribution < 1.29 is 19.4 Å². The van der Waals surface area contributed by atoms with Crippen molar-refractivity contribution in [2.45, 2.75) is 44.8 Å². The number of amides is 1. The lowest BCUT2D eigenvalue weighted by Gasteiger charge is -2.36. The molecule has 0 spiro atoms. The summed E-state index contributed by atoms with van der Waals surface area (Å²) in [5.74, 6) is 0.605. The molecular formula is C21H31N7O4. The number of amidine groups is 1. The topological polar surface area (TPSA) is 137 Å². The first kappa shape index (κ1) is 22.3. The van der Waals surface area contributed by atoms with Crippen molar-refractivity contribution in [2.24, 2.45) is 16.6 Å². The average molecular weight is 446 g/mol. The van der Waals surface area contributed by atoms with E-state index in [4.69, 9.17) is 15.6 Å². The summed E-state index contributed by atoms with van der Waals surface area (Å²) in [6.45, 7) is 5.98. The Labute approximate surface area is 187 Å². The number of aromatic nitrogens is 2. The SMILES string of the molecule is C/C(N)=N/c1nccc(N2CCC(N3CC(CN4CCC(C(=O)O)CC4)OC3=O)CC2)n1. The number of rotatable bonds is 6. The monoisotopic (exact) mass is 445 g/mol. The molecule has 3 saturated heterocycles. The van der Waals surface area contributed by atoms with Gasteiger partial charge >= 0.3 is 12.1 Å². The molecule has 0 aliphatic carbocycles. The highest BCUT2D eigenvalue weighted by Gasteiger charge is 2.38. The lowest BCUT2D eigenvalue weighted by atomic mass is 9.97. The molecule has 3 fully saturated rings. The number of hydrogen-bond donors (Lipinski definition) is 2. The molecule has 1 aromatic heterocycles. The summed E-state index contributed by atoms with van der Waals surface area (Å²) in [5, 5.41) is 9.15. The van der Waals surface area contributed by atoms with Crippen LogP contribution in [0.2, 0.25) is 0 Å². The predicted octanol–water partition coefficient (Wildman–Crippen LogP) is 1.07. The van der Waals surface area contributed by atoms with Crippen molar-refractivity contribution in [3.63, 3.8) is 0 Å². The third kappa shape index (κ3) is 5.26. The Kier molecular flexibility index (Phi) is 6.73. The molecular weight excluding hydrogens is 414 g/mol. The lowest BCUT2D eigenvalue weighted by molar-refractivity contribution is -0.143. The summed E-state index contributed by atoms with van der Waals surface area (Å²) in [7, 11) is 0. The zero-order valence-corrected chi connectivity index (χ0v) is 18.4. The third-order valence-electron chi connectivity index (χ3n) is 6.43. The molecule has 4 rings (SSSR count). The molecule has 1 unspecified atom stereocenters. The van der Waals surface area contributed by atoms with E-state index >= 15 is 0 Å². The van der Waals surface area contributed by atoms with Crippen LogP contribution < -0.4 is 10.6 Å². The van der Waals surface area contributed by atoms with Gasteiger partial charge in [-0.1, -0.05) is 0 Å². The fourth-order valence-electron chi connectivity index (χ4n) is 4.72. The van der Waals surface area contributed by atoms with Gasteiger partial charge in [0.1, 0.15) is 11.9 Å². The van der Waals surface area contributed by atoms with Crippen molar-refractivity contribution in [3.05, 3.63) is 12.3 Å². The van der Waals surface area contributed by atoms with Crippen molar-refractivity contribution in [3.8, 4) is 0 Å². The maximum Gasteiger partial charge on any atom is 0.410 e. The van der Waals surface area contributed by atoms with E-state index in [1.54, 1.807) is 13.1 Å². The van der Waals surface area contributed by atoms with Crippen LogP contribution in [-0.4, -0.2) is 94.2 Å². The highest BCUT2D eigenvalue weighted by Crippen LogP contribution is 2.26. The number of anilines is 1. The molecule has 32 heavy (non-hydrogen) atoms. The molecule has 0 radical (unpaired) electrons. The molecule has 174 valence electrons. The van der Waals surface area contributed by atoms with Crippen LogP contribution in [0.1, 0.15) is 32.6 Å². The van der Waals surface area contributed by atoms with Gasteiger partial charge in [0.2, 0.25) is 0 Å². The summed E-state index contributed by atoms with van der Waals surface area (Å²) in [6.07, 6.45) is 4.25. The second kappa shape index (κ2) is 9.68. The number of carbonyl (C=O) groups is 2. The average Bonchev–Trinajstić information content (AvgIpc) is 3.14. The van der Waals surface area contributed by atoms with Gasteiger partial charge in [-0.15, -0.1) is 0 Å². The highest BCUT2D eigenvalue weighted by molar-refractivity contribution is 5.79. The van der Waals surface area contributed by atoms with Gasteiger partial charge in [-0.25, -0.2) is 9.78 Å². The first-order chi connectivity index (χ1) is 15.4. The minimum Gasteiger partial charge on any atom is -0.481 e. The number of carbonyl (C=O) groups excluding carboxylic acids is 1. The van der Waals surface area contributed by atoms with Crippen molar-refractivity contribution in [2.75, 3.05) is 44.2 Å². The van der Waals surface area contributed by atoms with Gasteiger partial charge < -0.3 is 25.4 Å². The van der Waals surface area contributed by atoms with Gasteiger partial charge in [0, 0.05) is 31.9 Å². The molecule has 0 bridgehead atoms. The second-order valence-corrected chi connectivity index (χ2v) is 8.76. The Morgan fingerprint density at radius 3 is 2.62 bits per heavy atom. The molecule has 1 aromatic rings. The molecule has 1 atom stereocenters. The molecule has 3 aliphatic rings. The summed E-state index contributed by atoms with van der Waals surface area (Å²) in [4.78, 5) is 42.6. The predicted molar refractivity (Wildman–Crippen MR) is 118 cm³/mol. The van der Waals surface area contributed by atoms with Gasteiger partial charge in [-0.05, 0) is 51.8 Å². The minimum atomic E-state index is -0.713. The van der Waals surface area contributed by atoms with Crippen LogP contribution in [0.15, 0.2) is 17.3 Å². The highest BCUT2D eigenvalue weighted by atomic mass is 16.6. The minimum absolute atomic E-state index is 0.145. The van der Waals surface area contributed by atoms with Crippen LogP contribution in [0.4, 0.5) is 16.6 Å². The Balaban J connectivity index is 1.27. The zero-order valence-electron chi connectivity index (χ0n) is 18.4. The Bertz CT molecular complexity index is 859. The van der Waals surface area contributed by atoms with Crippen LogP contribution >= 0.6 is 0 Å². The van der Waals surface area contributed by atoms with Crippen LogP contribution in [0.5, 0.6) is 0 Å². The van der Waals surface area contributed by atoms with E-state index in [9.17, 15) is 9.59 Å². The summed E-state index contributed by atoms with van der Waals surface area (Å²) in [5.41, 5.74) is 5.62. The van der Waals surface area contributed by atoms with Crippen LogP contribution in [0.3, 0.4) is 0 Å². The second-order valence-electron chi connectivity index (χ2n) is 8.76. The molecule has 3 aliphatic heterocycles. The van der Waals surface area contributed by atoms with E-state index < -0.39 is 5.97 Å². The number of carboxylic acid groups (broad SMARTS) is 1. The fraction of sp³-hybridized carbons (Fsp3) is 0.667. The number of carboxylic acids is 1. The number of nitrogens with zero attached hydrogens (tertiary/aromatic N) is 6. The molecule has 11 heteroatoms. The number of cyclic esters (lactones) is 1. The van der Waals surface area contributed by atoms with Gasteiger partial charge in [0.25, 0.3) is 5.95 Å². The number of aliphatic imine (C=N–C) groups is 1. The van der Waals surface area contributed by atoms with E-state index in [1.807, 2.05) is 11.0 Å². The van der Waals surface area contributed by atoms with Crippen molar-refractivity contribution in [1.82, 2.24) is 19.8 Å². The zero-order chi connectivity index (χ0) is 22.7. The quantitative estimate of drug-likeness (QED) is 0.486. The largest absolute Gasteiger partial charge is 0.481 e. The first-order valence-electron chi connectivity index (χ1n) is 11.2. The van der Waals surface area contributed by atoms with E-state index in [0.29, 0.717) is 37.7 Å². The summed E-state index contributed by atoms with van der Waals surface area (Å²) < 4.78 is 5.64. The normalized spacial score (nSPS) is 24.1. The standard InChI is InChI=1S/C21H31N7O4/c1-14(22)24-20-23-7-2-18(25-20)27-10-5-16(6-11-27)28-13-17(32-21(28)31)12-26-8-3-15(4-9-26)19(29)30/h2,7,15-17H,3-6,8-13H2,1H3,(H,29,30)(H2,22,23,24,25). The molecule has 0 saturated carbocycles. The van der Waals surface area contributed by atoms with E-state index in [1.165, 1.54) is 0 Å². The van der Waals surface area contributed by atoms with Crippen LogP contribution in [-0.2, 0) is 9.53 Å². The molecule has 1 amide bonds. The van der Waals surface area contributed by atoms with Crippen LogP contribution in [0, 0.1) is 5.92 Å². The molecule has 4 heterocycles. The Morgan fingerprint density at radius 2 is 1.97 bits per heavy atom. The van der Waals surface area contributed by atoms with Crippen LogP contribution in [0.25, 0.3) is 0 Å². The third-order valence-corrected chi connectivity index (χ3v) is 6.43. The van der Waals surface area contributed by atoms with Gasteiger partial charge in [-0.3, -0.25) is 9.69 Å². The molecule has 0 aromatic carbocycles. The Morgan fingerprint density at radius 1 is 1.25 bits per heavy atom. The van der Waals surface area contributed by atoms with Gasteiger partial charge in [-0.2, -0.15) is 9.98 Å². The van der Waals surface area contributed by atoms with E-state index in [2.05, 4.69) is 24.8 Å². The van der Waals surface area contributed by atoms with Crippen molar-refractivity contribution >= 4 is 29.7 Å². The maximum absolute atomic E-state index is 12.5. The number of ether oxygens (including phenoxy) is 1. The van der Waals surface area contributed by atoms with Gasteiger partial charge in [0.05, 0.1) is 18.3 Å². The lowest BCUT2D eigenvalue weighted by Crippen LogP contribution is -2.46. The van der Waals surface area contributed by atoms with Crippen molar-refractivity contribution in [1.29, 1.82) is 0 Å². The van der Waals surface area contributed by atoms with Gasteiger partial charge in [0.15, 0.2) is 0 Å².